The molecule has 152 valence electrons. The molecule has 0 aliphatic rings. The fourth-order valence-electron chi connectivity index (χ4n) is 3.47. The first-order chi connectivity index (χ1) is 14.3. The lowest BCUT2D eigenvalue weighted by atomic mass is 10.1. The lowest BCUT2D eigenvalue weighted by Gasteiger charge is -2.08. The zero-order valence-corrected chi connectivity index (χ0v) is 18.0. The van der Waals surface area contributed by atoms with E-state index in [2.05, 4.69) is 5.38 Å². The number of amidine groups is 1. The van der Waals surface area contributed by atoms with Gasteiger partial charge in [0.2, 0.25) is 0 Å². The molecular formula is C21H17ClN4O2S2. The molecular weight excluding hydrogens is 440 g/mol. The van der Waals surface area contributed by atoms with Crippen molar-refractivity contribution in [1.82, 2.24) is 4.57 Å². The number of nitrogens with two attached hydrogens (primary N) is 1. The van der Waals surface area contributed by atoms with Gasteiger partial charge in [0.15, 0.2) is 5.17 Å². The minimum atomic E-state index is -0.897. The highest BCUT2D eigenvalue weighted by Gasteiger charge is 2.15. The molecule has 2 heterocycles. The molecule has 0 unspecified atom stereocenters. The number of nitrogens with zero attached hydrogens (tertiary/aromatic N) is 1. The molecule has 0 radical (unpaired) electrons. The van der Waals surface area contributed by atoms with Crippen LogP contribution in [0.1, 0.15) is 16.7 Å². The average Bonchev–Trinajstić information content (AvgIpc) is 3.22. The van der Waals surface area contributed by atoms with Gasteiger partial charge < -0.3 is 15.4 Å². The van der Waals surface area contributed by atoms with Gasteiger partial charge >= 0.3 is 5.97 Å². The predicted molar refractivity (Wildman–Crippen MR) is 126 cm³/mol. The molecule has 0 saturated heterocycles. The van der Waals surface area contributed by atoms with E-state index in [1.165, 1.54) is 0 Å². The van der Waals surface area contributed by atoms with Crippen LogP contribution in [0.2, 0.25) is 5.02 Å². The van der Waals surface area contributed by atoms with Crippen molar-refractivity contribution in [2.24, 2.45) is 5.73 Å². The lowest BCUT2D eigenvalue weighted by Crippen LogP contribution is -2.08. The van der Waals surface area contributed by atoms with Gasteiger partial charge in [-0.05, 0) is 57.9 Å². The van der Waals surface area contributed by atoms with E-state index in [0.717, 1.165) is 38.3 Å². The van der Waals surface area contributed by atoms with E-state index in [4.69, 9.17) is 28.2 Å². The molecule has 0 fully saturated rings. The van der Waals surface area contributed by atoms with E-state index in [9.17, 15) is 9.90 Å². The average molecular weight is 457 g/mol. The quantitative estimate of drug-likeness (QED) is 0.246. The Kier molecular flexibility index (Phi) is 5.55. The van der Waals surface area contributed by atoms with E-state index >= 15 is 0 Å². The number of benzene rings is 2. The first-order valence-electron chi connectivity index (χ1n) is 8.92. The number of carbonyl (C=O) groups is 1. The van der Waals surface area contributed by atoms with E-state index < -0.39 is 5.97 Å². The molecule has 4 aromatic rings. The van der Waals surface area contributed by atoms with Gasteiger partial charge in [-0.15, -0.1) is 11.3 Å². The Morgan fingerprint density at radius 2 is 1.97 bits per heavy atom. The van der Waals surface area contributed by atoms with Crippen molar-refractivity contribution in [3.63, 3.8) is 0 Å². The van der Waals surface area contributed by atoms with Gasteiger partial charge in [-0.25, -0.2) is 0 Å². The van der Waals surface area contributed by atoms with Crippen molar-refractivity contribution in [2.75, 3.05) is 0 Å². The number of fused-ring (bicyclic) bond motifs is 2. The van der Waals surface area contributed by atoms with Crippen LogP contribution in [0, 0.1) is 10.8 Å². The zero-order chi connectivity index (χ0) is 21.4. The summed E-state index contributed by atoms with van der Waals surface area (Å²) in [5, 5.41) is 29.6. The maximum Gasteiger partial charge on any atom is 0.307 e. The molecule has 2 aromatic heterocycles. The van der Waals surface area contributed by atoms with Gasteiger partial charge in [0, 0.05) is 38.9 Å². The predicted octanol–water partition coefficient (Wildman–Crippen LogP) is 5.14. The van der Waals surface area contributed by atoms with Crippen molar-refractivity contribution in [3.05, 3.63) is 69.7 Å². The number of thiophene rings is 1. The van der Waals surface area contributed by atoms with Crippen LogP contribution in [0.4, 0.5) is 0 Å². The molecule has 9 heteroatoms. The Labute approximate surface area is 185 Å². The molecule has 4 rings (SSSR count). The number of carboxylic acids is 1. The molecule has 0 spiro atoms. The van der Waals surface area contributed by atoms with Crippen molar-refractivity contribution in [3.8, 4) is 0 Å². The molecule has 0 aliphatic heterocycles. The van der Waals surface area contributed by atoms with Gasteiger partial charge in [0.25, 0.3) is 0 Å². The van der Waals surface area contributed by atoms with Gasteiger partial charge in [-0.1, -0.05) is 23.7 Å². The van der Waals surface area contributed by atoms with Crippen LogP contribution in [0.15, 0.2) is 48.0 Å². The van der Waals surface area contributed by atoms with E-state index in [0.29, 0.717) is 22.7 Å². The van der Waals surface area contributed by atoms with Gasteiger partial charge in [-0.3, -0.25) is 15.6 Å². The second kappa shape index (κ2) is 8.14. The molecule has 6 nitrogen and oxygen atoms in total. The molecule has 0 bridgehead atoms. The normalized spacial score (nSPS) is 11.2. The molecule has 2 aromatic carbocycles. The number of rotatable bonds is 5. The Hall–Kier alpha value is -2.81. The lowest BCUT2D eigenvalue weighted by molar-refractivity contribution is -0.136. The summed E-state index contributed by atoms with van der Waals surface area (Å²) < 4.78 is 3.14. The number of aromatic nitrogens is 1. The minimum absolute atomic E-state index is 0.0846. The third-order valence-corrected chi connectivity index (χ3v) is 6.64. The number of carboxylic acid groups (broad SMARTS) is 1. The van der Waals surface area contributed by atoms with Crippen LogP contribution in [-0.4, -0.2) is 25.9 Å². The van der Waals surface area contributed by atoms with Crippen LogP contribution in [0.25, 0.3) is 21.0 Å². The largest absolute Gasteiger partial charge is 0.481 e. The van der Waals surface area contributed by atoms with Crippen LogP contribution < -0.4 is 5.73 Å². The third kappa shape index (κ3) is 4.07. The number of aliphatic carboxylic acids is 1. The number of hydrogen-bond donors (Lipinski definition) is 4. The smallest absolute Gasteiger partial charge is 0.307 e. The number of halogens is 1. The van der Waals surface area contributed by atoms with E-state index in [1.54, 1.807) is 17.4 Å². The minimum Gasteiger partial charge on any atom is -0.481 e. The Bertz CT molecular complexity index is 1330. The highest BCUT2D eigenvalue weighted by atomic mass is 35.5. The summed E-state index contributed by atoms with van der Waals surface area (Å²) in [5.74, 6) is -0.897. The number of hydrogen-bond acceptors (Lipinski definition) is 5. The molecule has 0 aliphatic carbocycles. The van der Waals surface area contributed by atoms with E-state index in [1.807, 2.05) is 41.1 Å². The summed E-state index contributed by atoms with van der Waals surface area (Å²) in [4.78, 5) is 11.4. The van der Waals surface area contributed by atoms with E-state index in [-0.39, 0.29) is 16.6 Å². The standard InChI is InChI=1S/C21H17ClN4O2S2/c22-14-2-4-18-16(7-14)13(10-29-18)9-26-8-12(6-19(27)28)15-3-1-11(5-17(15)26)20(23)30-21(24)25/h1-5,7-8,10,23H,6,9H2,(H3,24,25)(H,27,28). The zero-order valence-electron chi connectivity index (χ0n) is 15.6. The maximum absolute atomic E-state index is 11.4. The van der Waals surface area contributed by atoms with Crippen molar-refractivity contribution < 1.29 is 9.90 Å². The summed E-state index contributed by atoms with van der Waals surface area (Å²) in [7, 11) is 0. The summed E-state index contributed by atoms with van der Waals surface area (Å²) in [6, 6.07) is 11.2. The highest BCUT2D eigenvalue weighted by Crippen LogP contribution is 2.31. The summed E-state index contributed by atoms with van der Waals surface area (Å²) in [6.45, 7) is 0.549. The molecule has 0 amide bonds. The first kappa shape index (κ1) is 20.5. The third-order valence-electron chi connectivity index (χ3n) is 4.74. The van der Waals surface area contributed by atoms with Crippen LogP contribution in [0.3, 0.4) is 0 Å². The van der Waals surface area contributed by atoms with Crippen LogP contribution in [0.5, 0.6) is 0 Å². The summed E-state index contributed by atoms with van der Waals surface area (Å²) >= 11 is 8.70. The van der Waals surface area contributed by atoms with Crippen LogP contribution in [-0.2, 0) is 17.8 Å². The fourth-order valence-corrected chi connectivity index (χ4v) is 5.04. The monoisotopic (exact) mass is 456 g/mol. The highest BCUT2D eigenvalue weighted by molar-refractivity contribution is 8.26. The summed E-state index contributed by atoms with van der Waals surface area (Å²) in [6.07, 6.45) is 1.77. The second-order valence-corrected chi connectivity index (χ2v) is 9.18. The number of thioether (sulfide) groups is 1. The first-order valence-corrected chi connectivity index (χ1v) is 11.0. The van der Waals surface area contributed by atoms with Gasteiger partial charge in [-0.2, -0.15) is 0 Å². The second-order valence-electron chi connectivity index (χ2n) is 6.78. The van der Waals surface area contributed by atoms with Crippen molar-refractivity contribution >= 4 is 71.9 Å². The maximum atomic E-state index is 11.4. The Morgan fingerprint density at radius 1 is 1.17 bits per heavy atom. The van der Waals surface area contributed by atoms with Gasteiger partial charge in [0.1, 0.15) is 5.04 Å². The SMILES string of the molecule is N=C(N)SC(=N)c1ccc2c(CC(=O)O)cn(Cc3csc4ccc(Cl)cc34)c2c1. The molecule has 30 heavy (non-hydrogen) atoms. The molecule has 0 atom stereocenters. The Balaban J connectivity index is 1.81. The van der Waals surface area contributed by atoms with Crippen LogP contribution >= 0.6 is 34.7 Å². The molecule has 0 saturated carbocycles. The summed E-state index contributed by atoms with van der Waals surface area (Å²) in [5.41, 5.74) is 8.68. The van der Waals surface area contributed by atoms with Gasteiger partial charge in [0.05, 0.1) is 6.42 Å². The topological polar surface area (TPSA) is 116 Å². The van der Waals surface area contributed by atoms with Crippen molar-refractivity contribution in [1.29, 1.82) is 10.8 Å². The Morgan fingerprint density at radius 3 is 2.70 bits per heavy atom. The van der Waals surface area contributed by atoms with Crippen molar-refractivity contribution in [2.45, 2.75) is 13.0 Å². The molecule has 5 N–H and O–H groups in total. The number of nitrogens with one attached hydrogen (secondary N) is 2. The fraction of sp³-hybridized carbons (Fsp3) is 0.0952.